The van der Waals surface area contributed by atoms with Gasteiger partial charge in [-0.25, -0.2) is 13.2 Å². The van der Waals surface area contributed by atoms with Gasteiger partial charge < -0.3 is 10.1 Å². The maximum Gasteiger partial charge on any atom is 0.327 e. The van der Waals surface area contributed by atoms with Gasteiger partial charge in [0.1, 0.15) is 6.54 Å². The number of sulfonamides is 1. The number of carbonyl (C=O) groups excluding carboxylic acids is 3. The molecule has 0 unspecified atom stereocenters. The van der Waals surface area contributed by atoms with Crippen LogP contribution in [-0.2, 0) is 24.3 Å². The Morgan fingerprint density at radius 1 is 1.28 bits per heavy atom. The molecule has 0 aliphatic rings. The molecular formula is C14H18ClN3O6S. The molecule has 9 nitrogen and oxygen atoms in total. The van der Waals surface area contributed by atoms with Crippen LogP contribution in [0.5, 0.6) is 0 Å². The monoisotopic (exact) mass is 391 g/mol. The number of ether oxygens (including phenoxy) is 1. The lowest BCUT2D eigenvalue weighted by Gasteiger charge is -2.21. The number of nitrogens with zero attached hydrogens (tertiary/aromatic N) is 1. The lowest BCUT2D eigenvalue weighted by Crippen LogP contribution is -2.42. The van der Waals surface area contributed by atoms with E-state index in [9.17, 15) is 22.8 Å². The summed E-state index contributed by atoms with van der Waals surface area (Å²) >= 11 is 5.82. The van der Waals surface area contributed by atoms with Gasteiger partial charge in [0.25, 0.3) is 5.91 Å². The Labute approximate surface area is 150 Å². The fourth-order valence-electron chi connectivity index (χ4n) is 1.71. The zero-order valence-electron chi connectivity index (χ0n) is 13.6. The molecule has 3 amide bonds. The third-order valence-corrected chi connectivity index (χ3v) is 4.10. The molecule has 0 saturated heterocycles. The highest BCUT2D eigenvalue weighted by molar-refractivity contribution is 7.92. The summed E-state index contributed by atoms with van der Waals surface area (Å²) in [4.78, 5) is 34.4. The Bertz CT molecular complexity index is 753. The molecule has 0 atom stereocenters. The van der Waals surface area contributed by atoms with Crippen LogP contribution in [0.3, 0.4) is 0 Å². The molecule has 0 saturated carbocycles. The van der Waals surface area contributed by atoms with Gasteiger partial charge in [0.2, 0.25) is 10.0 Å². The largest absolute Gasteiger partial charge is 0.454 e. The number of halogens is 1. The van der Waals surface area contributed by atoms with Crippen molar-refractivity contribution in [3.8, 4) is 0 Å². The highest BCUT2D eigenvalue weighted by atomic mass is 35.5. The van der Waals surface area contributed by atoms with Crippen molar-refractivity contribution in [3.63, 3.8) is 0 Å². The van der Waals surface area contributed by atoms with Crippen molar-refractivity contribution in [2.45, 2.75) is 6.92 Å². The highest BCUT2D eigenvalue weighted by Gasteiger charge is 2.22. The number of imide groups is 1. The maximum atomic E-state index is 11.9. The van der Waals surface area contributed by atoms with E-state index in [2.05, 4.69) is 5.32 Å². The highest BCUT2D eigenvalue weighted by Crippen LogP contribution is 2.21. The van der Waals surface area contributed by atoms with E-state index in [0.29, 0.717) is 11.6 Å². The Morgan fingerprint density at radius 3 is 2.52 bits per heavy atom. The number of rotatable bonds is 7. The van der Waals surface area contributed by atoms with E-state index in [1.54, 1.807) is 13.0 Å². The lowest BCUT2D eigenvalue weighted by molar-refractivity contribution is -0.146. The van der Waals surface area contributed by atoms with Gasteiger partial charge in [-0.2, -0.15) is 0 Å². The van der Waals surface area contributed by atoms with Crippen LogP contribution < -0.4 is 14.9 Å². The number of hydrogen-bond donors (Lipinski definition) is 2. The van der Waals surface area contributed by atoms with E-state index in [1.807, 2.05) is 5.32 Å². The normalized spacial score (nSPS) is 10.7. The summed E-state index contributed by atoms with van der Waals surface area (Å²) in [5.74, 6) is -1.80. The van der Waals surface area contributed by atoms with Crippen molar-refractivity contribution in [3.05, 3.63) is 29.3 Å². The summed E-state index contributed by atoms with van der Waals surface area (Å²) in [6.45, 7) is 0.623. The minimum absolute atomic E-state index is 0.179. The second-order valence-electron chi connectivity index (χ2n) is 4.82. The molecule has 2 N–H and O–H groups in total. The first kappa shape index (κ1) is 20.7. The Hall–Kier alpha value is -2.33. The molecule has 138 valence electrons. The zero-order valence-corrected chi connectivity index (χ0v) is 15.2. The van der Waals surface area contributed by atoms with Crippen molar-refractivity contribution >= 4 is 45.2 Å². The number of nitrogens with one attached hydrogen (secondary N) is 2. The Morgan fingerprint density at radius 2 is 1.96 bits per heavy atom. The van der Waals surface area contributed by atoms with Crippen LogP contribution in [0.25, 0.3) is 0 Å². The lowest BCUT2D eigenvalue weighted by atomic mass is 10.3. The van der Waals surface area contributed by atoms with Gasteiger partial charge >= 0.3 is 12.0 Å². The van der Waals surface area contributed by atoms with Gasteiger partial charge in [0.15, 0.2) is 6.61 Å². The summed E-state index contributed by atoms with van der Waals surface area (Å²) in [7, 11) is -3.79. The third-order valence-electron chi connectivity index (χ3n) is 2.72. The van der Waals surface area contributed by atoms with Gasteiger partial charge in [-0.15, -0.1) is 0 Å². The SMILES string of the molecule is CCNC(=O)NC(=O)COC(=O)CN(c1cccc(Cl)c1)S(C)(=O)=O. The molecule has 1 rings (SSSR count). The predicted octanol–water partition coefficient (Wildman–Crippen LogP) is 0.495. The molecule has 0 spiro atoms. The molecule has 0 fully saturated rings. The molecule has 1 aromatic carbocycles. The van der Waals surface area contributed by atoms with E-state index in [-0.39, 0.29) is 5.69 Å². The topological polar surface area (TPSA) is 122 Å². The van der Waals surface area contributed by atoms with E-state index in [4.69, 9.17) is 16.3 Å². The van der Waals surface area contributed by atoms with E-state index >= 15 is 0 Å². The van der Waals surface area contributed by atoms with Gasteiger partial charge in [-0.1, -0.05) is 17.7 Å². The van der Waals surface area contributed by atoms with E-state index in [1.165, 1.54) is 18.2 Å². The van der Waals surface area contributed by atoms with Crippen LogP contribution in [0, 0.1) is 0 Å². The van der Waals surface area contributed by atoms with E-state index < -0.39 is 41.1 Å². The molecule has 11 heteroatoms. The van der Waals surface area contributed by atoms with Crippen molar-refractivity contribution in [2.75, 3.05) is 30.3 Å². The second-order valence-corrected chi connectivity index (χ2v) is 7.16. The number of anilines is 1. The maximum absolute atomic E-state index is 11.9. The van der Waals surface area contributed by atoms with Crippen LogP contribution in [0.4, 0.5) is 10.5 Å². The smallest absolute Gasteiger partial charge is 0.327 e. The number of esters is 1. The molecule has 0 heterocycles. The summed E-state index contributed by atoms with van der Waals surface area (Å²) in [6, 6.07) is 5.19. The average molecular weight is 392 g/mol. The minimum Gasteiger partial charge on any atom is -0.454 e. The first-order chi connectivity index (χ1) is 11.6. The van der Waals surface area contributed by atoms with E-state index in [0.717, 1.165) is 10.6 Å². The second kappa shape index (κ2) is 9.23. The molecule has 0 aliphatic carbocycles. The molecule has 0 aromatic heterocycles. The van der Waals surface area contributed by atoms with Crippen LogP contribution in [-0.4, -0.2) is 52.3 Å². The number of carbonyl (C=O) groups is 3. The van der Waals surface area contributed by atoms with Crippen molar-refractivity contribution in [1.82, 2.24) is 10.6 Å². The summed E-state index contributed by atoms with van der Waals surface area (Å²) in [5.41, 5.74) is 0.179. The predicted molar refractivity (Wildman–Crippen MR) is 91.8 cm³/mol. The standard InChI is InChI=1S/C14H18ClN3O6S/c1-3-16-14(21)17-12(19)9-24-13(20)8-18(25(2,22)23)11-6-4-5-10(15)7-11/h4-7H,3,8-9H2,1-2H3,(H2,16,17,19,21). The summed E-state index contributed by atoms with van der Waals surface area (Å²) < 4.78 is 29.2. The number of urea groups is 1. The van der Waals surface area contributed by atoms with Crippen molar-refractivity contribution in [1.29, 1.82) is 0 Å². The van der Waals surface area contributed by atoms with Crippen LogP contribution in [0.15, 0.2) is 24.3 Å². The van der Waals surface area contributed by atoms with Crippen molar-refractivity contribution in [2.24, 2.45) is 0 Å². The third kappa shape index (κ3) is 7.40. The van der Waals surface area contributed by atoms with Crippen LogP contribution in [0.1, 0.15) is 6.92 Å². The summed E-state index contributed by atoms with van der Waals surface area (Å²) in [6.07, 6.45) is 0.920. The quantitative estimate of drug-likeness (QED) is 0.652. The van der Waals surface area contributed by atoms with Crippen LogP contribution in [0.2, 0.25) is 5.02 Å². The molecule has 0 aliphatic heterocycles. The van der Waals surface area contributed by atoms with Crippen molar-refractivity contribution < 1.29 is 27.5 Å². The number of benzene rings is 1. The number of amides is 3. The number of hydrogen-bond acceptors (Lipinski definition) is 6. The molecule has 1 aromatic rings. The Balaban J connectivity index is 2.68. The molecule has 25 heavy (non-hydrogen) atoms. The molecule has 0 radical (unpaired) electrons. The van der Waals surface area contributed by atoms with Gasteiger partial charge in [-0.05, 0) is 25.1 Å². The molecular weight excluding hydrogens is 374 g/mol. The zero-order chi connectivity index (χ0) is 19.0. The van der Waals surface area contributed by atoms with Gasteiger partial charge in [-0.3, -0.25) is 19.2 Å². The first-order valence-corrected chi connectivity index (χ1v) is 9.32. The Kier molecular flexibility index (Phi) is 7.65. The fraction of sp³-hybridized carbons (Fsp3) is 0.357. The average Bonchev–Trinajstić information content (AvgIpc) is 2.49. The van der Waals surface area contributed by atoms with Gasteiger partial charge in [0.05, 0.1) is 11.9 Å². The molecule has 0 bridgehead atoms. The van der Waals surface area contributed by atoms with Gasteiger partial charge in [0, 0.05) is 11.6 Å². The summed E-state index contributed by atoms with van der Waals surface area (Å²) in [5, 5.41) is 4.57. The first-order valence-electron chi connectivity index (χ1n) is 7.10. The van der Waals surface area contributed by atoms with Crippen LogP contribution >= 0.6 is 11.6 Å². The minimum atomic E-state index is -3.79. The fourth-order valence-corrected chi connectivity index (χ4v) is 2.73.